The number of aromatic nitrogens is 1. The van der Waals surface area contributed by atoms with Gasteiger partial charge < -0.3 is 19.1 Å². The van der Waals surface area contributed by atoms with E-state index >= 15 is 0 Å². The predicted molar refractivity (Wildman–Crippen MR) is 102 cm³/mol. The van der Waals surface area contributed by atoms with Gasteiger partial charge in [0.15, 0.2) is 5.78 Å². The number of ether oxygens (including phenoxy) is 1. The first-order valence-corrected chi connectivity index (χ1v) is 10.1. The third kappa shape index (κ3) is 3.89. The number of hydrogen-bond acceptors (Lipinski definition) is 4. The van der Waals surface area contributed by atoms with E-state index in [1.807, 2.05) is 15.9 Å². The first kappa shape index (κ1) is 18.5. The second kappa shape index (κ2) is 7.64. The molecule has 0 spiro atoms. The summed E-state index contributed by atoms with van der Waals surface area (Å²) < 4.78 is 7.64. The van der Waals surface area contributed by atoms with Gasteiger partial charge in [0.2, 0.25) is 0 Å². The Balaban J connectivity index is 1.31. The van der Waals surface area contributed by atoms with Crippen molar-refractivity contribution >= 4 is 11.8 Å². The average Bonchev–Trinajstić information content (AvgIpc) is 3.47. The minimum absolute atomic E-state index is 0.109. The topological polar surface area (TPSA) is 58.0 Å². The van der Waals surface area contributed by atoms with Crippen LogP contribution in [-0.4, -0.2) is 90.1 Å². The molecule has 2 saturated heterocycles. The highest BCUT2D eigenvalue weighted by atomic mass is 16.5. The standard InChI is InChI=1S/C20H30N4O3/c1-15-13-18(16(2)24(15)17-3-4-17)19(25)14-21-5-7-22(8-6-21)20(26)23-9-11-27-12-10-23/h13,17H,3-12,14H2,1-2H3. The van der Waals surface area contributed by atoms with Crippen LogP contribution in [0.3, 0.4) is 0 Å². The Kier molecular flexibility index (Phi) is 5.23. The SMILES string of the molecule is Cc1cc(C(=O)CN2CCN(C(=O)N3CCOCC3)CC2)c(C)n1C1CC1. The molecule has 7 nitrogen and oxygen atoms in total. The summed E-state index contributed by atoms with van der Waals surface area (Å²) in [5, 5.41) is 0. The maximum atomic E-state index is 12.8. The van der Waals surface area contributed by atoms with E-state index in [0.717, 1.165) is 24.3 Å². The molecule has 0 bridgehead atoms. The quantitative estimate of drug-likeness (QED) is 0.753. The van der Waals surface area contributed by atoms with Crippen molar-refractivity contribution in [3.63, 3.8) is 0 Å². The molecule has 1 saturated carbocycles. The van der Waals surface area contributed by atoms with Crippen molar-refractivity contribution in [3.8, 4) is 0 Å². The third-order valence-corrected chi connectivity index (χ3v) is 5.99. The molecule has 3 fully saturated rings. The first-order chi connectivity index (χ1) is 13.0. The number of carbonyl (C=O) groups is 2. The number of urea groups is 1. The zero-order valence-electron chi connectivity index (χ0n) is 16.4. The van der Waals surface area contributed by atoms with E-state index in [0.29, 0.717) is 52.0 Å². The zero-order valence-corrected chi connectivity index (χ0v) is 16.4. The smallest absolute Gasteiger partial charge is 0.320 e. The van der Waals surface area contributed by atoms with Crippen molar-refractivity contribution in [2.45, 2.75) is 32.7 Å². The van der Waals surface area contributed by atoms with Gasteiger partial charge in [-0.25, -0.2) is 4.79 Å². The van der Waals surface area contributed by atoms with Crippen LogP contribution < -0.4 is 0 Å². The number of nitrogens with zero attached hydrogens (tertiary/aromatic N) is 4. The molecule has 0 radical (unpaired) electrons. The average molecular weight is 374 g/mol. The van der Waals surface area contributed by atoms with E-state index in [2.05, 4.69) is 23.3 Å². The molecule has 7 heteroatoms. The summed E-state index contributed by atoms with van der Waals surface area (Å²) in [6.45, 7) is 10.1. The molecule has 2 aliphatic heterocycles. The first-order valence-electron chi connectivity index (χ1n) is 10.1. The summed E-state index contributed by atoms with van der Waals surface area (Å²) >= 11 is 0. The normalized spacial score (nSPS) is 21.6. The fourth-order valence-corrected chi connectivity index (χ4v) is 4.29. The van der Waals surface area contributed by atoms with E-state index in [9.17, 15) is 9.59 Å². The predicted octanol–water partition coefficient (Wildman–Crippen LogP) is 1.69. The van der Waals surface area contributed by atoms with Gasteiger partial charge in [0.25, 0.3) is 0 Å². The number of ketones is 1. The van der Waals surface area contributed by atoms with Crippen LogP contribution in [-0.2, 0) is 4.74 Å². The molecule has 0 aromatic carbocycles. The van der Waals surface area contributed by atoms with Crippen molar-refractivity contribution in [3.05, 3.63) is 23.0 Å². The van der Waals surface area contributed by atoms with Crippen LogP contribution in [0.25, 0.3) is 0 Å². The number of aryl methyl sites for hydroxylation is 1. The van der Waals surface area contributed by atoms with Crippen LogP contribution in [0.15, 0.2) is 6.07 Å². The molecule has 2 amide bonds. The van der Waals surface area contributed by atoms with Crippen LogP contribution in [0, 0.1) is 13.8 Å². The molecule has 0 N–H and O–H groups in total. The molecule has 1 aromatic heterocycles. The van der Waals surface area contributed by atoms with Gasteiger partial charge in [-0.2, -0.15) is 0 Å². The Morgan fingerprint density at radius 3 is 2.26 bits per heavy atom. The van der Waals surface area contributed by atoms with E-state index in [1.54, 1.807) is 0 Å². The Hall–Kier alpha value is -1.86. The number of amides is 2. The molecular weight excluding hydrogens is 344 g/mol. The lowest BCUT2D eigenvalue weighted by molar-refractivity contribution is 0.0376. The monoisotopic (exact) mass is 374 g/mol. The summed E-state index contributed by atoms with van der Waals surface area (Å²) in [5.74, 6) is 0.197. The number of rotatable bonds is 4. The minimum atomic E-state index is 0.109. The maximum absolute atomic E-state index is 12.8. The van der Waals surface area contributed by atoms with Crippen molar-refractivity contribution in [2.24, 2.45) is 0 Å². The van der Waals surface area contributed by atoms with Gasteiger partial charge in [-0.1, -0.05) is 0 Å². The van der Waals surface area contributed by atoms with E-state index in [4.69, 9.17) is 4.74 Å². The number of Topliss-reactive ketones (excluding diaryl/α,β-unsaturated/α-hetero) is 1. The van der Waals surface area contributed by atoms with Crippen LogP contribution in [0.5, 0.6) is 0 Å². The number of hydrogen-bond donors (Lipinski definition) is 0. The number of piperazine rings is 1. The summed E-state index contributed by atoms with van der Waals surface area (Å²) in [6, 6.07) is 2.76. The summed E-state index contributed by atoms with van der Waals surface area (Å²) in [7, 11) is 0. The molecule has 1 aliphatic carbocycles. The van der Waals surface area contributed by atoms with Crippen molar-refractivity contribution < 1.29 is 14.3 Å². The molecule has 0 unspecified atom stereocenters. The van der Waals surface area contributed by atoms with Crippen molar-refractivity contribution in [1.29, 1.82) is 0 Å². The van der Waals surface area contributed by atoms with E-state index in [-0.39, 0.29) is 11.8 Å². The number of carbonyl (C=O) groups excluding carboxylic acids is 2. The number of morpholine rings is 1. The largest absolute Gasteiger partial charge is 0.378 e. The third-order valence-electron chi connectivity index (χ3n) is 5.99. The van der Waals surface area contributed by atoms with Gasteiger partial charge in [-0.15, -0.1) is 0 Å². The second-order valence-electron chi connectivity index (χ2n) is 7.95. The van der Waals surface area contributed by atoms with Crippen molar-refractivity contribution in [2.75, 3.05) is 59.0 Å². The molecule has 27 heavy (non-hydrogen) atoms. The minimum Gasteiger partial charge on any atom is -0.378 e. The molecule has 3 heterocycles. The Morgan fingerprint density at radius 2 is 1.63 bits per heavy atom. The highest BCUT2D eigenvalue weighted by molar-refractivity contribution is 5.99. The van der Waals surface area contributed by atoms with Gasteiger partial charge in [0, 0.05) is 62.3 Å². The molecular formula is C20H30N4O3. The van der Waals surface area contributed by atoms with Crippen LogP contribution >= 0.6 is 0 Å². The molecule has 1 aromatic rings. The fourth-order valence-electron chi connectivity index (χ4n) is 4.29. The van der Waals surface area contributed by atoms with Crippen LogP contribution in [0.4, 0.5) is 4.79 Å². The summed E-state index contributed by atoms with van der Waals surface area (Å²) in [6.07, 6.45) is 2.45. The molecule has 0 atom stereocenters. The van der Waals surface area contributed by atoms with Crippen LogP contribution in [0.2, 0.25) is 0 Å². The van der Waals surface area contributed by atoms with E-state index in [1.165, 1.54) is 18.5 Å². The van der Waals surface area contributed by atoms with Crippen LogP contribution in [0.1, 0.15) is 40.6 Å². The lowest BCUT2D eigenvalue weighted by atomic mass is 10.1. The lowest BCUT2D eigenvalue weighted by Crippen LogP contribution is -2.55. The summed E-state index contributed by atoms with van der Waals surface area (Å²) in [5.41, 5.74) is 3.17. The molecule has 4 rings (SSSR count). The van der Waals surface area contributed by atoms with E-state index < -0.39 is 0 Å². The Labute approximate surface area is 160 Å². The van der Waals surface area contributed by atoms with Gasteiger partial charge >= 0.3 is 6.03 Å². The molecule has 148 valence electrons. The Bertz CT molecular complexity index is 711. The van der Waals surface area contributed by atoms with Crippen molar-refractivity contribution in [1.82, 2.24) is 19.3 Å². The maximum Gasteiger partial charge on any atom is 0.320 e. The highest BCUT2D eigenvalue weighted by Crippen LogP contribution is 2.38. The lowest BCUT2D eigenvalue weighted by Gasteiger charge is -2.38. The summed E-state index contributed by atoms with van der Waals surface area (Å²) in [4.78, 5) is 31.4. The van der Waals surface area contributed by atoms with Gasteiger partial charge in [-0.05, 0) is 32.8 Å². The molecule has 3 aliphatic rings. The highest BCUT2D eigenvalue weighted by Gasteiger charge is 2.30. The second-order valence-corrected chi connectivity index (χ2v) is 7.95. The van der Waals surface area contributed by atoms with Gasteiger partial charge in [0.1, 0.15) is 0 Å². The zero-order chi connectivity index (χ0) is 19.0. The van der Waals surface area contributed by atoms with Gasteiger partial charge in [0.05, 0.1) is 19.8 Å². The fraction of sp³-hybridized carbons (Fsp3) is 0.700. The van der Waals surface area contributed by atoms with Gasteiger partial charge in [-0.3, -0.25) is 9.69 Å². The Morgan fingerprint density at radius 1 is 1.00 bits per heavy atom.